The summed E-state index contributed by atoms with van der Waals surface area (Å²) >= 11 is 0. The van der Waals surface area contributed by atoms with Gasteiger partial charge in [-0.25, -0.2) is 0 Å². The van der Waals surface area contributed by atoms with E-state index in [4.69, 9.17) is 8.83 Å². The zero-order chi connectivity index (χ0) is 11.7. The number of aryl methyl sites for hydroxylation is 1. The average Bonchev–Trinajstić information content (AvgIpc) is 3.00. The number of hydrogen-bond acceptors (Lipinski definition) is 3. The Bertz CT molecular complexity index is 513. The van der Waals surface area contributed by atoms with E-state index in [2.05, 4.69) is 5.32 Å². The summed E-state index contributed by atoms with van der Waals surface area (Å²) in [4.78, 5) is 11.9. The van der Waals surface area contributed by atoms with E-state index in [1.807, 2.05) is 6.07 Å². The lowest BCUT2D eigenvalue weighted by Crippen LogP contribution is -2.30. The molecule has 2 aromatic heterocycles. The van der Waals surface area contributed by atoms with E-state index in [1.165, 1.54) is 6.26 Å². The summed E-state index contributed by atoms with van der Waals surface area (Å²) in [6.07, 6.45) is 6.11. The highest BCUT2D eigenvalue weighted by molar-refractivity contribution is 5.91. The summed E-state index contributed by atoms with van der Waals surface area (Å²) in [5, 5.41) is 2.97. The maximum atomic E-state index is 11.9. The van der Waals surface area contributed by atoms with Gasteiger partial charge >= 0.3 is 0 Å². The van der Waals surface area contributed by atoms with Crippen molar-refractivity contribution >= 4 is 5.91 Å². The molecule has 1 unspecified atom stereocenters. The molecule has 4 heteroatoms. The molecule has 1 aliphatic carbocycles. The Hall–Kier alpha value is -1.97. The maximum absolute atomic E-state index is 11.9. The first-order valence-corrected chi connectivity index (χ1v) is 5.75. The van der Waals surface area contributed by atoms with Crippen LogP contribution in [0.2, 0.25) is 0 Å². The van der Waals surface area contributed by atoms with Gasteiger partial charge in [-0.2, -0.15) is 0 Å². The molecule has 0 spiro atoms. The smallest absolute Gasteiger partial charge is 0.287 e. The van der Waals surface area contributed by atoms with Gasteiger partial charge in [0.1, 0.15) is 5.76 Å². The van der Waals surface area contributed by atoms with Gasteiger partial charge in [-0.3, -0.25) is 4.79 Å². The first kappa shape index (κ1) is 10.2. The lowest BCUT2D eigenvalue weighted by Gasteiger charge is -2.22. The van der Waals surface area contributed by atoms with Crippen LogP contribution in [0, 0.1) is 0 Å². The minimum atomic E-state index is -0.172. The van der Waals surface area contributed by atoms with E-state index >= 15 is 0 Å². The SMILES string of the molecule is O=C(NC1CCCc2occc21)c1ccco1. The van der Waals surface area contributed by atoms with Crippen LogP contribution in [0.15, 0.2) is 39.6 Å². The molecule has 1 N–H and O–H groups in total. The molecule has 4 nitrogen and oxygen atoms in total. The van der Waals surface area contributed by atoms with Crippen LogP contribution in [-0.2, 0) is 6.42 Å². The van der Waals surface area contributed by atoms with Crippen molar-refractivity contribution in [2.75, 3.05) is 0 Å². The van der Waals surface area contributed by atoms with E-state index < -0.39 is 0 Å². The van der Waals surface area contributed by atoms with Gasteiger partial charge in [0, 0.05) is 12.0 Å². The van der Waals surface area contributed by atoms with Crippen LogP contribution in [0.5, 0.6) is 0 Å². The van der Waals surface area contributed by atoms with Gasteiger partial charge in [0.05, 0.1) is 18.6 Å². The van der Waals surface area contributed by atoms with Crippen molar-refractivity contribution in [2.24, 2.45) is 0 Å². The number of carbonyl (C=O) groups excluding carboxylic acids is 1. The summed E-state index contributed by atoms with van der Waals surface area (Å²) in [6.45, 7) is 0. The summed E-state index contributed by atoms with van der Waals surface area (Å²) in [5.74, 6) is 1.16. The molecular formula is C13H13NO3. The van der Waals surface area contributed by atoms with Crippen molar-refractivity contribution in [1.29, 1.82) is 0 Å². The molecule has 0 aromatic carbocycles. The van der Waals surface area contributed by atoms with Gasteiger partial charge in [0.15, 0.2) is 5.76 Å². The third kappa shape index (κ3) is 1.86. The Morgan fingerprint density at radius 2 is 2.24 bits per heavy atom. The van der Waals surface area contributed by atoms with Crippen molar-refractivity contribution in [3.05, 3.63) is 47.8 Å². The fraction of sp³-hybridized carbons (Fsp3) is 0.308. The van der Waals surface area contributed by atoms with E-state index in [1.54, 1.807) is 18.4 Å². The Labute approximate surface area is 98.6 Å². The monoisotopic (exact) mass is 231 g/mol. The molecule has 0 saturated heterocycles. The molecule has 2 aromatic rings. The number of rotatable bonds is 2. The molecule has 1 atom stereocenters. The maximum Gasteiger partial charge on any atom is 0.287 e. The quantitative estimate of drug-likeness (QED) is 0.864. The van der Waals surface area contributed by atoms with Crippen molar-refractivity contribution in [2.45, 2.75) is 25.3 Å². The summed E-state index contributed by atoms with van der Waals surface area (Å²) in [7, 11) is 0. The van der Waals surface area contributed by atoms with Gasteiger partial charge < -0.3 is 14.2 Å². The lowest BCUT2D eigenvalue weighted by molar-refractivity contribution is 0.0904. The third-order valence-electron chi connectivity index (χ3n) is 3.10. The highest BCUT2D eigenvalue weighted by atomic mass is 16.3. The number of hydrogen-bond donors (Lipinski definition) is 1. The van der Waals surface area contributed by atoms with Gasteiger partial charge in [0.2, 0.25) is 0 Å². The first-order valence-electron chi connectivity index (χ1n) is 5.75. The zero-order valence-electron chi connectivity index (χ0n) is 9.31. The molecule has 3 rings (SSSR count). The van der Waals surface area contributed by atoms with E-state index in [0.29, 0.717) is 5.76 Å². The predicted molar refractivity (Wildman–Crippen MR) is 60.6 cm³/mol. The second-order valence-corrected chi connectivity index (χ2v) is 4.19. The molecule has 88 valence electrons. The van der Waals surface area contributed by atoms with E-state index in [-0.39, 0.29) is 11.9 Å². The second kappa shape index (κ2) is 4.13. The number of furan rings is 2. The molecule has 0 saturated carbocycles. The van der Waals surface area contributed by atoms with Crippen LogP contribution in [0.3, 0.4) is 0 Å². The predicted octanol–water partition coefficient (Wildman–Crippen LogP) is 2.68. The largest absolute Gasteiger partial charge is 0.469 e. The Balaban J connectivity index is 1.77. The molecule has 2 heterocycles. The molecule has 0 radical (unpaired) electrons. The number of nitrogens with one attached hydrogen (secondary N) is 1. The fourth-order valence-electron chi connectivity index (χ4n) is 2.27. The number of fused-ring (bicyclic) bond motifs is 1. The molecular weight excluding hydrogens is 218 g/mol. The van der Waals surface area contributed by atoms with Crippen LogP contribution in [0.25, 0.3) is 0 Å². The zero-order valence-corrected chi connectivity index (χ0v) is 9.31. The molecule has 17 heavy (non-hydrogen) atoms. The van der Waals surface area contributed by atoms with Crippen LogP contribution in [-0.4, -0.2) is 5.91 Å². The standard InChI is InChI=1S/C13H13NO3/c15-13(12-5-2-7-16-12)14-10-3-1-4-11-9(10)6-8-17-11/h2,5-8,10H,1,3-4H2,(H,14,15). The summed E-state index contributed by atoms with van der Waals surface area (Å²) in [6, 6.07) is 5.34. The first-order chi connectivity index (χ1) is 8.34. The van der Waals surface area contributed by atoms with E-state index in [9.17, 15) is 4.79 Å². The number of amides is 1. The van der Waals surface area contributed by atoms with Crippen molar-refractivity contribution in [3.8, 4) is 0 Å². The molecule has 0 bridgehead atoms. The number of carbonyl (C=O) groups is 1. The van der Waals surface area contributed by atoms with E-state index in [0.717, 1.165) is 30.6 Å². The van der Waals surface area contributed by atoms with Crippen LogP contribution in [0.4, 0.5) is 0 Å². The van der Waals surface area contributed by atoms with Gasteiger partial charge in [0.25, 0.3) is 5.91 Å². The van der Waals surface area contributed by atoms with Crippen molar-refractivity contribution < 1.29 is 13.6 Å². The average molecular weight is 231 g/mol. The van der Waals surface area contributed by atoms with Gasteiger partial charge in [-0.05, 0) is 31.0 Å². The summed E-state index contributed by atoms with van der Waals surface area (Å²) < 4.78 is 10.5. The normalized spacial score (nSPS) is 18.7. The fourth-order valence-corrected chi connectivity index (χ4v) is 2.27. The molecule has 0 aliphatic heterocycles. The molecule has 0 fully saturated rings. The summed E-state index contributed by atoms with van der Waals surface area (Å²) in [5.41, 5.74) is 1.09. The molecule has 1 aliphatic rings. The van der Waals surface area contributed by atoms with Crippen LogP contribution < -0.4 is 5.32 Å². The van der Waals surface area contributed by atoms with Gasteiger partial charge in [-0.1, -0.05) is 0 Å². The van der Waals surface area contributed by atoms with Crippen molar-refractivity contribution in [3.63, 3.8) is 0 Å². The minimum absolute atomic E-state index is 0.0371. The minimum Gasteiger partial charge on any atom is -0.469 e. The van der Waals surface area contributed by atoms with Crippen LogP contribution in [0.1, 0.15) is 40.8 Å². The Kier molecular flexibility index (Phi) is 2.48. The topological polar surface area (TPSA) is 55.4 Å². The second-order valence-electron chi connectivity index (χ2n) is 4.19. The van der Waals surface area contributed by atoms with Crippen molar-refractivity contribution in [1.82, 2.24) is 5.32 Å². The molecule has 1 amide bonds. The van der Waals surface area contributed by atoms with Crippen LogP contribution >= 0.6 is 0 Å². The van der Waals surface area contributed by atoms with Gasteiger partial charge in [-0.15, -0.1) is 0 Å². The Morgan fingerprint density at radius 1 is 1.29 bits per heavy atom. The Morgan fingerprint density at radius 3 is 3.06 bits per heavy atom. The highest BCUT2D eigenvalue weighted by Crippen LogP contribution is 2.30. The highest BCUT2D eigenvalue weighted by Gasteiger charge is 2.24. The third-order valence-corrected chi connectivity index (χ3v) is 3.10. The lowest BCUT2D eigenvalue weighted by atomic mass is 9.93.